The van der Waals surface area contributed by atoms with Gasteiger partial charge in [-0.1, -0.05) is 42.0 Å². The number of nitrogens with zero attached hydrogens (tertiary/aromatic N) is 1. The van der Waals surface area contributed by atoms with E-state index in [0.717, 1.165) is 17.5 Å². The van der Waals surface area contributed by atoms with Crippen LogP contribution in [-0.4, -0.2) is 19.4 Å². The quantitative estimate of drug-likeness (QED) is 0.457. The summed E-state index contributed by atoms with van der Waals surface area (Å²) in [6.07, 6.45) is 4.89. The van der Waals surface area contributed by atoms with Gasteiger partial charge in [-0.2, -0.15) is 0 Å². The molecule has 0 saturated carbocycles. The standard InChI is InChI=1S/C15H18ClNO/c1-4-7-12(2)17(3)15-9-6-5-8-14(15)13(10-16)11-18/h4-12H,1-3H3/b7-4-,13-10+. The Morgan fingerprint density at radius 2 is 2.06 bits per heavy atom. The van der Waals surface area contributed by atoms with Gasteiger partial charge in [-0.3, -0.25) is 4.79 Å². The predicted molar refractivity (Wildman–Crippen MR) is 79.0 cm³/mol. The van der Waals surface area contributed by atoms with Crippen LogP contribution in [0.25, 0.3) is 5.57 Å². The Morgan fingerprint density at radius 3 is 2.61 bits per heavy atom. The van der Waals surface area contributed by atoms with Gasteiger partial charge in [0, 0.05) is 35.4 Å². The van der Waals surface area contributed by atoms with Crippen molar-refractivity contribution < 1.29 is 4.79 Å². The number of likely N-dealkylation sites (N-methyl/N-ethyl adjacent to an activating group) is 1. The van der Waals surface area contributed by atoms with Gasteiger partial charge in [0.15, 0.2) is 6.29 Å². The molecule has 0 N–H and O–H groups in total. The fraction of sp³-hybridized carbons (Fsp3) is 0.267. The molecule has 1 atom stereocenters. The number of allylic oxidation sites excluding steroid dienone is 2. The zero-order valence-corrected chi connectivity index (χ0v) is 11.7. The predicted octanol–water partition coefficient (Wildman–Crippen LogP) is 3.87. The molecular weight excluding hydrogens is 246 g/mol. The summed E-state index contributed by atoms with van der Waals surface area (Å²) in [5.74, 6) is 0. The van der Waals surface area contributed by atoms with Crippen LogP contribution in [0.3, 0.4) is 0 Å². The lowest BCUT2D eigenvalue weighted by Gasteiger charge is -2.27. The largest absolute Gasteiger partial charge is 0.368 e. The zero-order valence-electron chi connectivity index (χ0n) is 10.9. The fourth-order valence-electron chi connectivity index (χ4n) is 1.80. The minimum atomic E-state index is 0.249. The molecule has 0 aliphatic carbocycles. The number of benzene rings is 1. The number of aldehydes is 1. The highest BCUT2D eigenvalue weighted by atomic mass is 35.5. The second-order valence-corrected chi connectivity index (χ2v) is 4.29. The van der Waals surface area contributed by atoms with Gasteiger partial charge in [-0.05, 0) is 19.9 Å². The van der Waals surface area contributed by atoms with Crippen LogP contribution < -0.4 is 4.90 Å². The summed E-state index contributed by atoms with van der Waals surface area (Å²) < 4.78 is 0. The van der Waals surface area contributed by atoms with Crippen LogP contribution in [0.1, 0.15) is 19.4 Å². The molecule has 1 aromatic carbocycles. The summed E-state index contributed by atoms with van der Waals surface area (Å²) in [6.45, 7) is 4.09. The minimum absolute atomic E-state index is 0.249. The Morgan fingerprint density at radius 1 is 1.39 bits per heavy atom. The first-order chi connectivity index (χ1) is 8.65. The summed E-state index contributed by atoms with van der Waals surface area (Å²) >= 11 is 5.69. The maximum atomic E-state index is 11.0. The van der Waals surface area contributed by atoms with Crippen molar-refractivity contribution in [3.8, 4) is 0 Å². The van der Waals surface area contributed by atoms with E-state index < -0.39 is 0 Å². The van der Waals surface area contributed by atoms with Gasteiger partial charge in [0.05, 0.1) is 0 Å². The third kappa shape index (κ3) is 3.23. The van der Waals surface area contributed by atoms with Gasteiger partial charge in [0.1, 0.15) is 0 Å². The van der Waals surface area contributed by atoms with E-state index in [4.69, 9.17) is 11.6 Å². The molecule has 0 saturated heterocycles. The first-order valence-electron chi connectivity index (χ1n) is 5.86. The van der Waals surface area contributed by atoms with Crippen LogP contribution in [-0.2, 0) is 4.79 Å². The second-order valence-electron chi connectivity index (χ2n) is 4.08. The normalized spacial score (nSPS) is 13.7. The maximum Gasteiger partial charge on any atom is 0.151 e. The van der Waals surface area contributed by atoms with E-state index in [1.54, 1.807) is 0 Å². The number of hydrogen-bond donors (Lipinski definition) is 0. The summed E-state index contributed by atoms with van der Waals surface area (Å²) in [6, 6.07) is 7.99. The molecule has 0 aliphatic heterocycles. The Bertz CT molecular complexity index is 465. The highest BCUT2D eigenvalue weighted by Crippen LogP contribution is 2.27. The number of rotatable bonds is 5. The minimum Gasteiger partial charge on any atom is -0.368 e. The molecule has 0 bridgehead atoms. The van der Waals surface area contributed by atoms with Crippen molar-refractivity contribution in [1.29, 1.82) is 0 Å². The fourth-order valence-corrected chi connectivity index (χ4v) is 1.97. The molecular formula is C15H18ClNO. The third-order valence-electron chi connectivity index (χ3n) is 2.92. The van der Waals surface area contributed by atoms with Gasteiger partial charge in [0.2, 0.25) is 0 Å². The highest BCUT2D eigenvalue weighted by Gasteiger charge is 2.13. The van der Waals surface area contributed by atoms with Crippen LogP contribution in [0.5, 0.6) is 0 Å². The van der Waals surface area contributed by atoms with E-state index in [2.05, 4.69) is 17.9 Å². The van der Waals surface area contributed by atoms with E-state index >= 15 is 0 Å². The Labute approximate surface area is 114 Å². The van der Waals surface area contributed by atoms with Crippen molar-refractivity contribution in [2.75, 3.05) is 11.9 Å². The molecule has 0 heterocycles. The molecule has 18 heavy (non-hydrogen) atoms. The summed E-state index contributed by atoms with van der Waals surface area (Å²) in [5.41, 5.74) is 3.65. The monoisotopic (exact) mass is 263 g/mol. The van der Waals surface area contributed by atoms with E-state index in [1.807, 2.05) is 44.3 Å². The zero-order chi connectivity index (χ0) is 13.5. The SMILES string of the molecule is C/C=C\C(C)N(C)c1ccccc1/C(C=O)=C/Cl. The summed E-state index contributed by atoms with van der Waals surface area (Å²) in [5, 5.41) is 0. The second kappa shape index (κ2) is 7.02. The lowest BCUT2D eigenvalue weighted by Crippen LogP contribution is -2.27. The lowest BCUT2D eigenvalue weighted by atomic mass is 10.0. The molecule has 0 amide bonds. The Kier molecular flexibility index (Phi) is 5.66. The number of carbonyl (C=O) groups excluding carboxylic acids is 1. The topological polar surface area (TPSA) is 20.3 Å². The molecule has 0 fully saturated rings. The van der Waals surface area contributed by atoms with E-state index in [-0.39, 0.29) is 6.04 Å². The number of halogens is 1. The number of para-hydroxylation sites is 1. The smallest absolute Gasteiger partial charge is 0.151 e. The van der Waals surface area contributed by atoms with Gasteiger partial charge >= 0.3 is 0 Å². The van der Waals surface area contributed by atoms with Gasteiger partial charge in [-0.15, -0.1) is 0 Å². The van der Waals surface area contributed by atoms with Crippen molar-refractivity contribution >= 4 is 29.1 Å². The molecule has 96 valence electrons. The first-order valence-corrected chi connectivity index (χ1v) is 6.30. The van der Waals surface area contributed by atoms with Crippen molar-refractivity contribution in [1.82, 2.24) is 0 Å². The van der Waals surface area contributed by atoms with Crippen molar-refractivity contribution in [2.24, 2.45) is 0 Å². The molecule has 0 radical (unpaired) electrons. The molecule has 0 aliphatic rings. The number of hydrogen-bond acceptors (Lipinski definition) is 2. The van der Waals surface area contributed by atoms with Crippen molar-refractivity contribution in [2.45, 2.75) is 19.9 Å². The average molecular weight is 264 g/mol. The van der Waals surface area contributed by atoms with Crippen molar-refractivity contribution in [3.63, 3.8) is 0 Å². The van der Waals surface area contributed by atoms with Crippen LogP contribution in [0.2, 0.25) is 0 Å². The average Bonchev–Trinajstić information content (AvgIpc) is 2.40. The number of carbonyl (C=O) groups is 1. The molecule has 2 nitrogen and oxygen atoms in total. The summed E-state index contributed by atoms with van der Waals surface area (Å²) in [4.78, 5) is 13.1. The van der Waals surface area contributed by atoms with Crippen LogP contribution in [0.4, 0.5) is 5.69 Å². The van der Waals surface area contributed by atoms with Crippen molar-refractivity contribution in [3.05, 3.63) is 47.5 Å². The van der Waals surface area contributed by atoms with E-state index in [9.17, 15) is 4.79 Å². The van der Waals surface area contributed by atoms with Gasteiger partial charge < -0.3 is 4.90 Å². The molecule has 0 aromatic heterocycles. The molecule has 1 unspecified atom stereocenters. The third-order valence-corrected chi connectivity index (χ3v) is 3.16. The molecule has 1 aromatic rings. The van der Waals surface area contributed by atoms with E-state index in [0.29, 0.717) is 5.57 Å². The molecule has 0 spiro atoms. The van der Waals surface area contributed by atoms with Gasteiger partial charge in [0.25, 0.3) is 0 Å². The Balaban J connectivity index is 3.20. The first kappa shape index (κ1) is 14.5. The van der Waals surface area contributed by atoms with Crippen LogP contribution in [0.15, 0.2) is 42.0 Å². The Hall–Kier alpha value is -1.54. The molecule has 3 heteroatoms. The summed E-state index contributed by atoms with van der Waals surface area (Å²) in [7, 11) is 2.00. The lowest BCUT2D eigenvalue weighted by molar-refractivity contribution is -0.103. The van der Waals surface area contributed by atoms with Crippen LogP contribution in [0, 0.1) is 0 Å². The van der Waals surface area contributed by atoms with E-state index in [1.165, 1.54) is 5.54 Å². The van der Waals surface area contributed by atoms with Crippen LogP contribution >= 0.6 is 11.6 Å². The van der Waals surface area contributed by atoms with Gasteiger partial charge in [-0.25, -0.2) is 0 Å². The number of anilines is 1. The molecule has 1 rings (SSSR count). The maximum absolute atomic E-state index is 11.0. The highest BCUT2D eigenvalue weighted by molar-refractivity contribution is 6.32.